The molecule has 0 unspecified atom stereocenters. The van der Waals surface area contributed by atoms with Crippen molar-refractivity contribution in [2.24, 2.45) is 0 Å². The third kappa shape index (κ3) is 6.11. The Morgan fingerprint density at radius 1 is 0.750 bits per heavy atom. The molecule has 1 aromatic carbocycles. The van der Waals surface area contributed by atoms with E-state index in [1.807, 2.05) is 75.3 Å². The van der Waals surface area contributed by atoms with Crippen molar-refractivity contribution in [1.29, 1.82) is 0 Å². The number of anilines is 1. The van der Waals surface area contributed by atoms with Crippen LogP contribution in [0.15, 0.2) is 30.3 Å². The number of para-hydroxylation sites is 1. The molecule has 0 heterocycles. The molecule has 100 valence electrons. The van der Waals surface area contributed by atoms with Gasteiger partial charge in [0.05, 0.1) is 5.92 Å². The average molecular weight is 305 g/mol. The molecule has 0 atom stereocenters. The Labute approximate surface area is 133 Å². The minimum absolute atomic E-state index is 0. The van der Waals surface area contributed by atoms with E-state index in [2.05, 4.69) is 5.32 Å². The van der Waals surface area contributed by atoms with Gasteiger partial charge in [-0.3, -0.25) is 4.79 Å². The molecule has 0 spiro atoms. The number of hydrogen-bond donors (Lipinski definition) is 1. The second-order valence-electron chi connectivity index (χ2n) is 3.96. The number of benzene rings is 1. The molecular formula is C17H15FeNO+2. The Kier molecular flexibility index (Phi) is 8.64. The van der Waals surface area contributed by atoms with Crippen LogP contribution in [0, 0.1) is 63.7 Å². The van der Waals surface area contributed by atoms with Crippen LogP contribution in [0.25, 0.3) is 0 Å². The van der Waals surface area contributed by atoms with Crippen LogP contribution in [0.5, 0.6) is 0 Å². The van der Waals surface area contributed by atoms with Gasteiger partial charge in [0.1, 0.15) is 0 Å². The van der Waals surface area contributed by atoms with Crippen molar-refractivity contribution in [1.82, 2.24) is 0 Å². The van der Waals surface area contributed by atoms with Gasteiger partial charge in [-0.1, -0.05) is 18.2 Å². The standard InChI is InChI=1S/C12H10NO.C5H5.Fe/c14-12(10-6-4-5-7-10)13-11-8-2-1-3-9-11;1-2-4-5-3-1;/h1-9H,(H,13,14);1-5H;/q;;+2. The molecule has 0 aliphatic heterocycles. The fourth-order valence-corrected chi connectivity index (χ4v) is 1.57. The van der Waals surface area contributed by atoms with Gasteiger partial charge >= 0.3 is 17.1 Å². The molecule has 3 rings (SSSR count). The quantitative estimate of drug-likeness (QED) is 0.836. The van der Waals surface area contributed by atoms with Gasteiger partial charge in [-0.2, -0.15) is 0 Å². The number of nitrogens with one attached hydrogen (secondary N) is 1. The van der Waals surface area contributed by atoms with E-state index < -0.39 is 0 Å². The fraction of sp³-hybridized carbons (Fsp3) is 0. The minimum atomic E-state index is -0.0683. The summed E-state index contributed by atoms with van der Waals surface area (Å²) in [5, 5.41) is 2.81. The molecule has 3 heteroatoms. The van der Waals surface area contributed by atoms with E-state index in [1.54, 1.807) is 12.8 Å². The Bertz CT molecular complexity index is 362. The molecule has 0 aromatic heterocycles. The smallest absolute Gasteiger partial charge is 0.326 e. The van der Waals surface area contributed by atoms with E-state index in [4.69, 9.17) is 0 Å². The van der Waals surface area contributed by atoms with Gasteiger partial charge in [-0.25, -0.2) is 0 Å². The van der Waals surface area contributed by atoms with Crippen molar-refractivity contribution < 1.29 is 21.9 Å². The molecule has 2 saturated carbocycles. The molecule has 1 N–H and O–H groups in total. The van der Waals surface area contributed by atoms with Gasteiger partial charge in [0.15, 0.2) is 0 Å². The zero-order chi connectivity index (χ0) is 13.3. The first kappa shape index (κ1) is 17.3. The first-order valence-electron chi connectivity index (χ1n) is 6.11. The molecule has 1 amide bonds. The van der Waals surface area contributed by atoms with Crippen LogP contribution in [0.3, 0.4) is 0 Å². The number of rotatable bonds is 2. The fourth-order valence-electron chi connectivity index (χ4n) is 1.57. The summed E-state index contributed by atoms with van der Waals surface area (Å²) in [5.41, 5.74) is 0.818. The third-order valence-corrected chi connectivity index (χ3v) is 2.51. The van der Waals surface area contributed by atoms with Crippen LogP contribution in [0.4, 0.5) is 5.69 Å². The van der Waals surface area contributed by atoms with Gasteiger partial charge in [-0.15, -0.1) is 0 Å². The summed E-state index contributed by atoms with van der Waals surface area (Å²) < 4.78 is 0. The summed E-state index contributed by atoms with van der Waals surface area (Å²) in [6.45, 7) is 0. The van der Waals surface area contributed by atoms with Crippen LogP contribution in [-0.4, -0.2) is 5.91 Å². The SMILES string of the molecule is O=C(Nc1ccccc1)[C]1[CH][CH][CH][CH]1.[CH]1[CH][CH][CH][CH]1.[Fe+2]. The number of hydrogen-bond acceptors (Lipinski definition) is 1. The van der Waals surface area contributed by atoms with Crippen LogP contribution in [-0.2, 0) is 21.9 Å². The maximum atomic E-state index is 11.6. The normalized spacial score (nSPS) is 17.8. The maximum Gasteiger partial charge on any atom is 2.00 e. The molecule has 0 bridgehead atoms. The molecule has 20 heavy (non-hydrogen) atoms. The van der Waals surface area contributed by atoms with Crippen LogP contribution < -0.4 is 5.32 Å². The molecule has 10 radical (unpaired) electrons. The summed E-state index contributed by atoms with van der Waals surface area (Å²) >= 11 is 0. The summed E-state index contributed by atoms with van der Waals surface area (Å²) in [5.74, 6) is 0.620. The molecule has 2 aliphatic carbocycles. The Morgan fingerprint density at radius 3 is 1.75 bits per heavy atom. The topological polar surface area (TPSA) is 29.1 Å². The van der Waals surface area contributed by atoms with Gasteiger partial charge < -0.3 is 5.32 Å². The van der Waals surface area contributed by atoms with Crippen molar-refractivity contribution in [3.63, 3.8) is 0 Å². The van der Waals surface area contributed by atoms with Crippen LogP contribution in [0.1, 0.15) is 0 Å². The Morgan fingerprint density at radius 2 is 1.25 bits per heavy atom. The summed E-state index contributed by atoms with van der Waals surface area (Å²) in [7, 11) is 0. The molecule has 2 nitrogen and oxygen atoms in total. The average Bonchev–Trinajstić information content (AvgIpc) is 3.16. The van der Waals surface area contributed by atoms with Crippen molar-refractivity contribution in [2.45, 2.75) is 0 Å². The van der Waals surface area contributed by atoms with E-state index in [0.29, 0.717) is 5.92 Å². The second kappa shape index (κ2) is 10.0. The molecule has 2 aliphatic rings. The zero-order valence-corrected chi connectivity index (χ0v) is 11.9. The number of amides is 1. The van der Waals surface area contributed by atoms with E-state index in [-0.39, 0.29) is 23.0 Å². The monoisotopic (exact) mass is 305 g/mol. The third-order valence-electron chi connectivity index (χ3n) is 2.51. The van der Waals surface area contributed by atoms with E-state index >= 15 is 0 Å². The number of carbonyl (C=O) groups is 1. The summed E-state index contributed by atoms with van der Waals surface area (Å²) in [6, 6.07) is 9.42. The predicted octanol–water partition coefficient (Wildman–Crippen LogP) is 3.05. The molecule has 2 fully saturated rings. The van der Waals surface area contributed by atoms with Gasteiger partial charge in [0, 0.05) is 5.69 Å². The van der Waals surface area contributed by atoms with Gasteiger partial charge in [-0.05, 0) is 69.9 Å². The Hall–Kier alpha value is -0.791. The zero-order valence-electron chi connectivity index (χ0n) is 10.8. The van der Waals surface area contributed by atoms with E-state index in [0.717, 1.165) is 5.69 Å². The van der Waals surface area contributed by atoms with Gasteiger partial charge in [0.2, 0.25) is 5.91 Å². The molecule has 0 saturated heterocycles. The second-order valence-corrected chi connectivity index (χ2v) is 3.96. The summed E-state index contributed by atoms with van der Waals surface area (Å²) in [4.78, 5) is 11.6. The predicted molar refractivity (Wildman–Crippen MR) is 77.0 cm³/mol. The molecule has 1 aromatic rings. The van der Waals surface area contributed by atoms with Crippen molar-refractivity contribution in [3.8, 4) is 0 Å². The van der Waals surface area contributed by atoms with E-state index in [1.165, 1.54) is 0 Å². The largest absolute Gasteiger partial charge is 2.00 e. The van der Waals surface area contributed by atoms with Crippen LogP contribution in [0.2, 0.25) is 0 Å². The van der Waals surface area contributed by atoms with Gasteiger partial charge in [0.25, 0.3) is 0 Å². The summed E-state index contributed by atoms with van der Waals surface area (Å²) in [6.07, 6.45) is 17.3. The van der Waals surface area contributed by atoms with E-state index in [9.17, 15) is 4.79 Å². The molecular weight excluding hydrogens is 290 g/mol. The first-order valence-corrected chi connectivity index (χ1v) is 6.11. The number of carbonyl (C=O) groups excluding carboxylic acids is 1. The van der Waals surface area contributed by atoms with Crippen molar-refractivity contribution in [2.75, 3.05) is 5.32 Å². The van der Waals surface area contributed by atoms with Crippen LogP contribution >= 0.6 is 0 Å². The van der Waals surface area contributed by atoms with Crippen molar-refractivity contribution in [3.05, 3.63) is 94.0 Å². The van der Waals surface area contributed by atoms with Crippen molar-refractivity contribution >= 4 is 11.6 Å². The Balaban J connectivity index is 0.000000283. The maximum absolute atomic E-state index is 11.6. The minimum Gasteiger partial charge on any atom is -0.326 e. The first-order chi connectivity index (χ1) is 9.36.